The number of hydrogen-bond donors (Lipinski definition) is 1. The second-order valence-electron chi connectivity index (χ2n) is 4.79. The number of carbonyl (C=O) groups excluding carboxylic acids is 1. The van der Waals surface area contributed by atoms with E-state index in [1.807, 2.05) is 38.1 Å². The van der Waals surface area contributed by atoms with Crippen molar-refractivity contribution in [1.29, 1.82) is 5.26 Å². The van der Waals surface area contributed by atoms with Gasteiger partial charge in [0, 0.05) is 5.69 Å². The first-order valence-corrected chi connectivity index (χ1v) is 6.58. The molecule has 4 nitrogen and oxygen atoms in total. The van der Waals surface area contributed by atoms with Crippen molar-refractivity contribution in [3.05, 3.63) is 59.2 Å². The maximum absolute atomic E-state index is 11.8. The van der Waals surface area contributed by atoms with Crippen molar-refractivity contribution in [1.82, 2.24) is 0 Å². The number of nitrogens with zero attached hydrogens (tertiary/aromatic N) is 1. The zero-order valence-corrected chi connectivity index (χ0v) is 12.0. The van der Waals surface area contributed by atoms with Crippen LogP contribution in [0.25, 0.3) is 0 Å². The summed E-state index contributed by atoms with van der Waals surface area (Å²) < 4.78 is 5.53. The van der Waals surface area contributed by atoms with Gasteiger partial charge in [-0.3, -0.25) is 4.79 Å². The lowest BCUT2D eigenvalue weighted by Crippen LogP contribution is -2.20. The van der Waals surface area contributed by atoms with Gasteiger partial charge in [0.25, 0.3) is 5.91 Å². The molecular formula is C17H16N2O2. The Bertz CT molecular complexity index is 685. The normalized spacial score (nSPS) is 9.76. The lowest BCUT2D eigenvalue weighted by atomic mass is 10.1. The Hall–Kier alpha value is -2.80. The summed E-state index contributed by atoms with van der Waals surface area (Å²) in [5.41, 5.74) is 3.28. The van der Waals surface area contributed by atoms with Crippen LogP contribution in [0, 0.1) is 25.2 Å². The zero-order valence-electron chi connectivity index (χ0n) is 12.0. The maximum Gasteiger partial charge on any atom is 0.262 e. The summed E-state index contributed by atoms with van der Waals surface area (Å²) in [5.74, 6) is 0.477. The van der Waals surface area contributed by atoms with Crippen molar-refractivity contribution >= 4 is 11.6 Å². The second kappa shape index (κ2) is 6.58. The van der Waals surface area contributed by atoms with Gasteiger partial charge in [0.1, 0.15) is 5.75 Å². The SMILES string of the molecule is Cc1ccc(C)c(OCC(=O)Nc2ccc(C#N)cc2)c1. The van der Waals surface area contributed by atoms with Crippen LogP contribution in [-0.4, -0.2) is 12.5 Å². The molecule has 0 saturated heterocycles. The number of ether oxygens (including phenoxy) is 1. The molecule has 0 fully saturated rings. The molecule has 1 N–H and O–H groups in total. The van der Waals surface area contributed by atoms with E-state index >= 15 is 0 Å². The van der Waals surface area contributed by atoms with Gasteiger partial charge in [-0.05, 0) is 55.3 Å². The van der Waals surface area contributed by atoms with E-state index in [0.29, 0.717) is 17.0 Å². The van der Waals surface area contributed by atoms with Crippen LogP contribution in [0.1, 0.15) is 16.7 Å². The Morgan fingerprint density at radius 2 is 1.90 bits per heavy atom. The predicted molar refractivity (Wildman–Crippen MR) is 81.2 cm³/mol. The van der Waals surface area contributed by atoms with Gasteiger partial charge in [-0.2, -0.15) is 5.26 Å². The highest BCUT2D eigenvalue weighted by atomic mass is 16.5. The molecule has 0 aromatic heterocycles. The van der Waals surface area contributed by atoms with Crippen LogP contribution >= 0.6 is 0 Å². The summed E-state index contributed by atoms with van der Waals surface area (Å²) in [6.07, 6.45) is 0. The first-order chi connectivity index (χ1) is 10.1. The van der Waals surface area contributed by atoms with Crippen LogP contribution in [0.15, 0.2) is 42.5 Å². The second-order valence-corrected chi connectivity index (χ2v) is 4.79. The number of amides is 1. The van der Waals surface area contributed by atoms with E-state index in [9.17, 15) is 4.79 Å². The number of nitriles is 1. The van der Waals surface area contributed by atoms with Crippen molar-refractivity contribution in [3.8, 4) is 11.8 Å². The monoisotopic (exact) mass is 280 g/mol. The minimum Gasteiger partial charge on any atom is -0.483 e. The fourth-order valence-electron chi connectivity index (χ4n) is 1.83. The van der Waals surface area contributed by atoms with Crippen LogP contribution in [0.2, 0.25) is 0 Å². The summed E-state index contributed by atoms with van der Waals surface area (Å²) in [7, 11) is 0. The van der Waals surface area contributed by atoms with Gasteiger partial charge in [-0.1, -0.05) is 12.1 Å². The van der Waals surface area contributed by atoms with Crippen LogP contribution in [0.3, 0.4) is 0 Å². The highest BCUT2D eigenvalue weighted by Crippen LogP contribution is 2.19. The summed E-state index contributed by atoms with van der Waals surface area (Å²) in [5, 5.41) is 11.4. The summed E-state index contributed by atoms with van der Waals surface area (Å²) in [4.78, 5) is 11.8. The molecule has 0 spiro atoms. The molecule has 0 heterocycles. The van der Waals surface area contributed by atoms with Crippen molar-refractivity contribution in [3.63, 3.8) is 0 Å². The first-order valence-electron chi connectivity index (χ1n) is 6.58. The van der Waals surface area contributed by atoms with Crippen molar-refractivity contribution in [2.75, 3.05) is 11.9 Å². The van der Waals surface area contributed by atoms with Crippen LogP contribution in [0.4, 0.5) is 5.69 Å². The third kappa shape index (κ3) is 4.08. The Balaban J connectivity index is 1.92. The number of carbonyl (C=O) groups is 1. The van der Waals surface area contributed by atoms with Gasteiger partial charge in [0.2, 0.25) is 0 Å². The minimum atomic E-state index is -0.236. The fraction of sp³-hybridized carbons (Fsp3) is 0.176. The molecule has 0 saturated carbocycles. The van der Waals surface area contributed by atoms with Crippen LogP contribution in [0.5, 0.6) is 5.75 Å². The van der Waals surface area contributed by atoms with E-state index in [-0.39, 0.29) is 12.5 Å². The molecule has 0 atom stereocenters. The molecule has 2 rings (SSSR count). The van der Waals surface area contributed by atoms with E-state index in [4.69, 9.17) is 10.00 Å². The maximum atomic E-state index is 11.8. The number of rotatable bonds is 4. The molecule has 106 valence electrons. The summed E-state index contributed by atoms with van der Waals surface area (Å²) in [6, 6.07) is 14.6. The molecule has 0 radical (unpaired) electrons. The van der Waals surface area contributed by atoms with Crippen molar-refractivity contribution in [2.24, 2.45) is 0 Å². The molecule has 2 aromatic carbocycles. The quantitative estimate of drug-likeness (QED) is 0.935. The molecule has 0 bridgehead atoms. The Kier molecular flexibility index (Phi) is 4.57. The first kappa shape index (κ1) is 14.6. The van der Waals surface area contributed by atoms with E-state index in [0.717, 1.165) is 11.1 Å². The van der Waals surface area contributed by atoms with E-state index in [2.05, 4.69) is 5.32 Å². The summed E-state index contributed by atoms with van der Waals surface area (Å²) >= 11 is 0. The lowest BCUT2D eigenvalue weighted by Gasteiger charge is -2.10. The van der Waals surface area contributed by atoms with Gasteiger partial charge < -0.3 is 10.1 Å². The minimum absolute atomic E-state index is 0.0513. The van der Waals surface area contributed by atoms with Crippen LogP contribution < -0.4 is 10.1 Å². The average Bonchev–Trinajstić information content (AvgIpc) is 2.49. The Morgan fingerprint density at radius 3 is 2.57 bits per heavy atom. The molecule has 0 aliphatic rings. The number of benzene rings is 2. The molecule has 4 heteroatoms. The van der Waals surface area contributed by atoms with Gasteiger partial charge in [0.15, 0.2) is 6.61 Å². The largest absolute Gasteiger partial charge is 0.483 e. The standard InChI is InChI=1S/C17H16N2O2/c1-12-3-4-13(2)16(9-12)21-11-17(20)19-15-7-5-14(10-18)6-8-15/h3-9H,11H2,1-2H3,(H,19,20). The van der Waals surface area contributed by atoms with Gasteiger partial charge in [-0.15, -0.1) is 0 Å². The molecule has 1 amide bonds. The van der Waals surface area contributed by atoms with E-state index < -0.39 is 0 Å². The fourth-order valence-corrected chi connectivity index (χ4v) is 1.83. The third-order valence-electron chi connectivity index (χ3n) is 3.00. The van der Waals surface area contributed by atoms with E-state index in [1.54, 1.807) is 24.3 Å². The zero-order chi connectivity index (χ0) is 15.2. The molecule has 21 heavy (non-hydrogen) atoms. The molecular weight excluding hydrogens is 264 g/mol. The lowest BCUT2D eigenvalue weighted by molar-refractivity contribution is -0.118. The third-order valence-corrected chi connectivity index (χ3v) is 3.00. The Labute approximate surface area is 124 Å². The molecule has 0 aliphatic carbocycles. The highest BCUT2D eigenvalue weighted by molar-refractivity contribution is 5.91. The number of hydrogen-bond acceptors (Lipinski definition) is 3. The predicted octanol–water partition coefficient (Wildman–Crippen LogP) is 3.19. The number of aryl methyl sites for hydroxylation is 2. The average molecular weight is 280 g/mol. The van der Waals surface area contributed by atoms with Gasteiger partial charge in [0.05, 0.1) is 11.6 Å². The number of anilines is 1. The van der Waals surface area contributed by atoms with Gasteiger partial charge in [-0.25, -0.2) is 0 Å². The van der Waals surface area contributed by atoms with E-state index in [1.165, 1.54) is 0 Å². The Morgan fingerprint density at radius 1 is 1.19 bits per heavy atom. The highest BCUT2D eigenvalue weighted by Gasteiger charge is 2.06. The number of nitrogens with one attached hydrogen (secondary N) is 1. The molecule has 0 aliphatic heterocycles. The van der Waals surface area contributed by atoms with Crippen molar-refractivity contribution < 1.29 is 9.53 Å². The topological polar surface area (TPSA) is 62.1 Å². The molecule has 0 unspecified atom stereocenters. The smallest absolute Gasteiger partial charge is 0.262 e. The van der Waals surface area contributed by atoms with Crippen molar-refractivity contribution in [2.45, 2.75) is 13.8 Å². The summed E-state index contributed by atoms with van der Waals surface area (Å²) in [6.45, 7) is 3.86. The van der Waals surface area contributed by atoms with Gasteiger partial charge >= 0.3 is 0 Å². The van der Waals surface area contributed by atoms with Crippen LogP contribution in [-0.2, 0) is 4.79 Å². The molecule has 2 aromatic rings.